The quantitative estimate of drug-likeness (QED) is 0.577. The van der Waals surface area contributed by atoms with Crippen LogP contribution in [0, 0.1) is 17.1 Å². The molecule has 0 N–H and O–H groups in total. The summed E-state index contributed by atoms with van der Waals surface area (Å²) in [5.74, 6) is -0.0469. The summed E-state index contributed by atoms with van der Waals surface area (Å²) in [4.78, 5) is 23.5. The Hall–Kier alpha value is -2.69. The fraction of sp³-hybridized carbons (Fsp3) is 0.478. The molecular formula is C23H27FN4O3Se. The van der Waals surface area contributed by atoms with Gasteiger partial charge in [-0.05, 0) is 0 Å². The summed E-state index contributed by atoms with van der Waals surface area (Å²) >= 11 is 0.117. The molecule has 1 amide bonds. The predicted molar refractivity (Wildman–Crippen MR) is 118 cm³/mol. The van der Waals surface area contributed by atoms with Gasteiger partial charge in [0.1, 0.15) is 0 Å². The van der Waals surface area contributed by atoms with Crippen LogP contribution in [0.3, 0.4) is 0 Å². The van der Waals surface area contributed by atoms with E-state index in [-0.39, 0.29) is 45.0 Å². The molecule has 0 unspecified atom stereocenters. The van der Waals surface area contributed by atoms with E-state index in [1.807, 2.05) is 37.8 Å². The third kappa shape index (κ3) is 6.65. The average molecular weight is 505 g/mol. The molecule has 7 nitrogen and oxygen atoms in total. The molecule has 0 bridgehead atoms. The topological polar surface area (TPSA) is 88.3 Å². The fourth-order valence-electron chi connectivity index (χ4n) is 3.34. The Kier molecular flexibility index (Phi) is 7.70. The van der Waals surface area contributed by atoms with Crippen LogP contribution in [-0.2, 0) is 11.3 Å². The zero-order valence-electron chi connectivity index (χ0n) is 18.7. The molecule has 1 fully saturated rings. The van der Waals surface area contributed by atoms with Crippen molar-refractivity contribution in [3.05, 3.63) is 47.7 Å². The number of benzene rings is 1. The molecule has 1 aromatic heterocycles. The van der Waals surface area contributed by atoms with E-state index in [9.17, 15) is 9.18 Å². The molecular weight excluding hydrogens is 478 g/mol. The third-order valence-corrected chi connectivity index (χ3v) is 7.42. The first-order valence-electron chi connectivity index (χ1n) is 10.5. The van der Waals surface area contributed by atoms with Crippen molar-refractivity contribution in [2.45, 2.75) is 63.6 Å². The van der Waals surface area contributed by atoms with Gasteiger partial charge in [0, 0.05) is 0 Å². The number of halogens is 1. The van der Waals surface area contributed by atoms with Crippen molar-refractivity contribution in [2.24, 2.45) is 0 Å². The zero-order chi connectivity index (χ0) is 23.3. The number of rotatable bonds is 5. The van der Waals surface area contributed by atoms with Crippen LogP contribution in [0.25, 0.3) is 0 Å². The summed E-state index contributed by atoms with van der Waals surface area (Å²) in [5, 5.41) is 8.83. The monoisotopic (exact) mass is 506 g/mol. The Morgan fingerprint density at radius 2 is 2.16 bits per heavy atom. The number of likely N-dealkylation sites (tertiary alicyclic amines) is 1. The van der Waals surface area contributed by atoms with Gasteiger partial charge in [-0.2, -0.15) is 0 Å². The Bertz CT molecular complexity index is 1010. The molecule has 1 saturated heterocycles. The van der Waals surface area contributed by atoms with Crippen molar-refractivity contribution in [2.75, 3.05) is 6.54 Å². The van der Waals surface area contributed by atoms with Crippen LogP contribution in [0.5, 0.6) is 5.75 Å². The molecule has 0 radical (unpaired) electrons. The minimum absolute atomic E-state index is 0.0419. The second kappa shape index (κ2) is 10.3. The third-order valence-electron chi connectivity index (χ3n) is 4.84. The van der Waals surface area contributed by atoms with Crippen LogP contribution >= 0.6 is 0 Å². The normalized spacial score (nSPS) is 18.7. The molecule has 3 rings (SSSR count). The predicted octanol–water partition coefficient (Wildman–Crippen LogP) is 3.60. The number of carbonyl (C=O) groups is 1. The Balaban J connectivity index is 1.55. The Labute approximate surface area is 194 Å². The summed E-state index contributed by atoms with van der Waals surface area (Å²) in [7, 11) is 0. The first kappa shape index (κ1) is 24.0. The summed E-state index contributed by atoms with van der Waals surface area (Å²) in [5.41, 5.74) is -0.264. The number of aromatic nitrogens is 2. The van der Waals surface area contributed by atoms with E-state index < -0.39 is 11.4 Å². The van der Waals surface area contributed by atoms with E-state index in [0.717, 1.165) is 23.5 Å². The van der Waals surface area contributed by atoms with Crippen molar-refractivity contribution in [1.29, 1.82) is 5.26 Å². The molecule has 0 saturated carbocycles. The molecule has 0 spiro atoms. The fourth-order valence-corrected chi connectivity index (χ4v) is 5.94. The van der Waals surface area contributed by atoms with Gasteiger partial charge in [0.15, 0.2) is 0 Å². The van der Waals surface area contributed by atoms with Crippen LogP contribution in [0.1, 0.15) is 51.9 Å². The van der Waals surface area contributed by atoms with E-state index in [1.54, 1.807) is 6.20 Å². The van der Waals surface area contributed by atoms with Crippen molar-refractivity contribution < 1.29 is 18.7 Å². The maximum atomic E-state index is 14.0. The van der Waals surface area contributed by atoms with Crippen molar-refractivity contribution in [3.63, 3.8) is 0 Å². The molecule has 170 valence electrons. The first-order valence-corrected chi connectivity index (χ1v) is 12.3. The summed E-state index contributed by atoms with van der Waals surface area (Å²) < 4.78 is 26.0. The number of amides is 1. The van der Waals surface area contributed by atoms with Crippen molar-refractivity contribution >= 4 is 25.6 Å². The van der Waals surface area contributed by atoms with Crippen molar-refractivity contribution in [3.8, 4) is 11.8 Å². The summed E-state index contributed by atoms with van der Waals surface area (Å²) in [6.07, 6.45) is 3.23. The first-order chi connectivity index (χ1) is 15.1. The van der Waals surface area contributed by atoms with Gasteiger partial charge in [-0.1, -0.05) is 0 Å². The second-order valence-corrected chi connectivity index (χ2v) is 11.4. The average Bonchev–Trinajstić information content (AvgIpc) is 2.72. The molecule has 0 aliphatic carbocycles. The van der Waals surface area contributed by atoms with Gasteiger partial charge in [0.05, 0.1) is 0 Å². The molecule has 1 aliphatic rings. The minimum atomic E-state index is -0.588. The molecule has 2 atom stereocenters. The van der Waals surface area contributed by atoms with E-state index in [4.69, 9.17) is 14.7 Å². The Morgan fingerprint density at radius 3 is 2.81 bits per heavy atom. The SMILES string of the molecule is C[C@H]1C[C@@H]([Se]c2ccnc(COc3ccc(C#N)cc3F)n2)CCN1C(=O)OC(C)(C)C. The van der Waals surface area contributed by atoms with Gasteiger partial charge < -0.3 is 0 Å². The van der Waals surface area contributed by atoms with Gasteiger partial charge in [-0.25, -0.2) is 0 Å². The molecule has 1 aromatic carbocycles. The van der Waals surface area contributed by atoms with Crippen LogP contribution in [0.15, 0.2) is 30.5 Å². The van der Waals surface area contributed by atoms with Crippen LogP contribution in [0.4, 0.5) is 9.18 Å². The van der Waals surface area contributed by atoms with Gasteiger partial charge in [0.2, 0.25) is 0 Å². The van der Waals surface area contributed by atoms with E-state index in [2.05, 4.69) is 16.9 Å². The van der Waals surface area contributed by atoms with Gasteiger partial charge in [0.25, 0.3) is 0 Å². The number of nitrogens with zero attached hydrogens (tertiary/aromatic N) is 4. The number of hydrogen-bond acceptors (Lipinski definition) is 6. The maximum absolute atomic E-state index is 14.0. The van der Waals surface area contributed by atoms with E-state index >= 15 is 0 Å². The number of nitriles is 1. The van der Waals surface area contributed by atoms with Crippen LogP contribution in [-0.4, -0.2) is 54.1 Å². The van der Waals surface area contributed by atoms with Gasteiger partial charge >= 0.3 is 194 Å². The Morgan fingerprint density at radius 1 is 1.38 bits per heavy atom. The number of ether oxygens (including phenoxy) is 2. The van der Waals surface area contributed by atoms with Crippen LogP contribution < -0.4 is 9.33 Å². The number of carbonyl (C=O) groups excluding carboxylic acids is 1. The van der Waals surface area contributed by atoms with Gasteiger partial charge in [-0.15, -0.1) is 0 Å². The number of hydrogen-bond donors (Lipinski definition) is 0. The zero-order valence-corrected chi connectivity index (χ0v) is 20.4. The summed E-state index contributed by atoms with van der Waals surface area (Å²) in [6, 6.07) is 7.97. The molecule has 2 heterocycles. The van der Waals surface area contributed by atoms with E-state index in [0.29, 0.717) is 17.2 Å². The molecule has 1 aliphatic heterocycles. The summed E-state index contributed by atoms with van der Waals surface area (Å²) in [6.45, 7) is 8.38. The number of piperidine rings is 1. The van der Waals surface area contributed by atoms with Crippen molar-refractivity contribution in [1.82, 2.24) is 14.9 Å². The van der Waals surface area contributed by atoms with Crippen LogP contribution in [0.2, 0.25) is 4.82 Å². The second-order valence-electron chi connectivity index (χ2n) is 8.64. The standard InChI is InChI=1S/C23H27FN4O3Se/c1-15-11-17(8-10-28(15)22(29)31-23(2,3)4)32-21-7-9-26-20(27-21)14-30-19-6-5-16(13-25)12-18(19)24/h5-7,9,12,15,17H,8,10-11,14H2,1-4H3/t15-,17-/m0/s1. The molecule has 2 aromatic rings. The molecule has 9 heteroatoms. The van der Waals surface area contributed by atoms with Gasteiger partial charge in [-0.3, -0.25) is 0 Å². The molecule has 32 heavy (non-hydrogen) atoms. The van der Waals surface area contributed by atoms with E-state index in [1.165, 1.54) is 12.1 Å².